The van der Waals surface area contributed by atoms with E-state index in [9.17, 15) is 0 Å². The Morgan fingerprint density at radius 3 is 2.48 bits per heavy atom. The lowest BCUT2D eigenvalue weighted by Gasteiger charge is -2.06. The van der Waals surface area contributed by atoms with E-state index in [0.29, 0.717) is 0 Å². The van der Waals surface area contributed by atoms with Crippen LogP contribution < -0.4 is 0 Å². The van der Waals surface area contributed by atoms with Crippen molar-refractivity contribution in [2.24, 2.45) is 0 Å². The van der Waals surface area contributed by atoms with E-state index in [1.165, 1.54) is 49.4 Å². The van der Waals surface area contributed by atoms with Crippen molar-refractivity contribution in [3.8, 4) is 0 Å². The molecule has 1 heterocycles. The molecule has 4 rings (SSSR count). The molecular weight excluding hydrogens is 312 g/mol. The molecule has 0 fully saturated rings. The van der Waals surface area contributed by atoms with Crippen LogP contribution in [0.1, 0.15) is 50.8 Å². The lowest BCUT2D eigenvalue weighted by atomic mass is 10.0. The highest BCUT2D eigenvalue weighted by Crippen LogP contribution is 2.48. The Labute approximate surface area is 147 Å². The van der Waals surface area contributed by atoms with Gasteiger partial charge in [0.05, 0.1) is 0 Å². The highest BCUT2D eigenvalue weighted by atomic mass is 32.2. The molecule has 3 aliphatic rings. The summed E-state index contributed by atoms with van der Waals surface area (Å²) in [6.45, 7) is 8.99. The summed E-state index contributed by atoms with van der Waals surface area (Å²) < 4.78 is 0. The average molecular weight is 339 g/mol. The van der Waals surface area contributed by atoms with Gasteiger partial charge in [-0.1, -0.05) is 54.5 Å². The van der Waals surface area contributed by atoms with E-state index in [4.69, 9.17) is 0 Å². The van der Waals surface area contributed by atoms with Crippen molar-refractivity contribution in [1.82, 2.24) is 0 Å². The second-order valence-electron chi connectivity index (χ2n) is 6.69. The first-order valence-corrected chi connectivity index (χ1v) is 10.6. The number of allylic oxidation sites excluding steroid dienone is 5. The van der Waals surface area contributed by atoms with Crippen molar-refractivity contribution in [2.75, 3.05) is 0 Å². The molecule has 120 valence electrons. The van der Waals surface area contributed by atoms with Crippen molar-refractivity contribution in [3.05, 3.63) is 74.7 Å². The number of fused-ring (bicyclic) bond motifs is 2. The maximum absolute atomic E-state index is 2.31. The summed E-state index contributed by atoms with van der Waals surface area (Å²) in [5, 5.41) is 0.745. The van der Waals surface area contributed by atoms with Crippen LogP contribution in [0, 0.1) is 0 Å². The normalized spacial score (nSPS) is 24.6. The van der Waals surface area contributed by atoms with E-state index in [-0.39, 0.29) is 0 Å². The number of benzene rings is 1. The molecule has 0 amide bonds. The van der Waals surface area contributed by atoms with Crippen molar-refractivity contribution in [2.45, 2.75) is 44.9 Å². The smallest absolute Gasteiger partial charge is 0.0308 e. The first-order chi connectivity index (χ1) is 11.0. The fraction of sp³-hybridized carbons (Fsp3) is 0.333. The maximum Gasteiger partial charge on any atom is 0.0308 e. The Balaban J connectivity index is 0.000000136. The highest BCUT2D eigenvalue weighted by molar-refractivity contribution is 8.04. The summed E-state index contributed by atoms with van der Waals surface area (Å²) >= 11 is 2.03. The van der Waals surface area contributed by atoms with E-state index in [2.05, 4.69) is 70.2 Å². The molecule has 0 bridgehead atoms. The molecule has 0 nitrogen and oxygen atoms in total. The van der Waals surface area contributed by atoms with Gasteiger partial charge in [-0.25, -0.2) is 0 Å². The molecule has 2 aliphatic carbocycles. The minimum absolute atomic E-state index is 0.745. The number of rotatable bonds is 1. The molecule has 0 spiro atoms. The van der Waals surface area contributed by atoms with Crippen LogP contribution in [0.4, 0.5) is 0 Å². The van der Waals surface area contributed by atoms with Gasteiger partial charge >= 0.3 is 0 Å². The van der Waals surface area contributed by atoms with Crippen molar-refractivity contribution < 1.29 is 0 Å². The fourth-order valence-corrected chi connectivity index (χ4v) is 5.66. The first-order valence-electron chi connectivity index (χ1n) is 8.56. The highest BCUT2D eigenvalue weighted by Gasteiger charge is 2.28. The molecule has 1 aliphatic heterocycles. The minimum Gasteiger partial charge on any atom is -0.118 e. The van der Waals surface area contributed by atoms with Gasteiger partial charge in [-0.15, -0.1) is 11.8 Å². The molecule has 1 aromatic carbocycles. The Morgan fingerprint density at radius 1 is 1.09 bits per heavy atom. The van der Waals surface area contributed by atoms with Crippen molar-refractivity contribution in [1.29, 1.82) is 0 Å². The molecule has 2 atom stereocenters. The van der Waals surface area contributed by atoms with Crippen LogP contribution in [-0.2, 0) is 0 Å². The number of thioether (sulfide) groups is 1. The van der Waals surface area contributed by atoms with Gasteiger partial charge in [0.1, 0.15) is 0 Å². The molecule has 0 saturated heterocycles. The Bertz CT molecular complexity index is 749. The van der Waals surface area contributed by atoms with Crippen LogP contribution in [0.15, 0.2) is 63.6 Å². The molecule has 0 N–H and O–H groups in total. The summed E-state index contributed by atoms with van der Waals surface area (Å²) in [7, 11) is 1.24. The quantitative estimate of drug-likeness (QED) is 0.636. The average Bonchev–Trinajstić information content (AvgIpc) is 3.17. The van der Waals surface area contributed by atoms with Gasteiger partial charge in [0.2, 0.25) is 0 Å². The van der Waals surface area contributed by atoms with E-state index >= 15 is 0 Å². The van der Waals surface area contributed by atoms with Crippen LogP contribution >= 0.6 is 11.8 Å². The molecular formula is C21H26SSi. The topological polar surface area (TPSA) is 0 Å². The molecule has 23 heavy (non-hydrogen) atoms. The summed E-state index contributed by atoms with van der Waals surface area (Å²) in [4.78, 5) is 1.50. The van der Waals surface area contributed by atoms with Gasteiger partial charge in [0, 0.05) is 20.4 Å². The van der Waals surface area contributed by atoms with Crippen LogP contribution in [0.2, 0.25) is 0 Å². The second-order valence-corrected chi connectivity index (χ2v) is 9.09. The fourth-order valence-electron chi connectivity index (χ4n) is 3.61. The predicted molar refractivity (Wildman–Crippen MR) is 109 cm³/mol. The third kappa shape index (κ3) is 3.07. The maximum atomic E-state index is 2.31. The Hall–Kier alpha value is -1.25. The molecule has 0 aromatic heterocycles. The number of hydrogen-bond acceptors (Lipinski definition) is 1. The largest absolute Gasteiger partial charge is 0.118 e. The van der Waals surface area contributed by atoms with E-state index in [1.54, 1.807) is 5.57 Å². The van der Waals surface area contributed by atoms with Gasteiger partial charge in [0.15, 0.2) is 0 Å². The van der Waals surface area contributed by atoms with Gasteiger partial charge in [-0.05, 0) is 61.1 Å². The van der Waals surface area contributed by atoms with Gasteiger partial charge in [0.25, 0.3) is 0 Å². The third-order valence-electron chi connectivity index (χ3n) is 5.17. The summed E-state index contributed by atoms with van der Waals surface area (Å²) in [5.74, 6) is 0. The summed E-state index contributed by atoms with van der Waals surface area (Å²) in [6, 6.07) is 8.70. The van der Waals surface area contributed by atoms with Gasteiger partial charge in [-0.3, -0.25) is 0 Å². The standard InChI is InChI=1S/C11H14S.C10H12Si/c1-4-9-8(3)11-7(2)5-6-10(11)12-9;1-7-6-8-4-2-3-5-9(8)10(7)11/h5-6,9H,4H2,1-3H3;2-6,10H,1,11H3. The Kier molecular flexibility index (Phi) is 4.84. The Morgan fingerprint density at radius 2 is 1.83 bits per heavy atom. The third-order valence-corrected chi connectivity index (χ3v) is 8.27. The van der Waals surface area contributed by atoms with Crippen molar-refractivity contribution >= 4 is 28.1 Å². The lowest BCUT2D eigenvalue weighted by Crippen LogP contribution is -1.97. The van der Waals surface area contributed by atoms with Crippen LogP contribution in [0.3, 0.4) is 0 Å². The van der Waals surface area contributed by atoms with Crippen LogP contribution in [-0.4, -0.2) is 15.5 Å². The van der Waals surface area contributed by atoms with E-state index < -0.39 is 0 Å². The monoisotopic (exact) mass is 338 g/mol. The lowest BCUT2D eigenvalue weighted by molar-refractivity contribution is 0.929. The zero-order valence-electron chi connectivity index (χ0n) is 14.8. The van der Waals surface area contributed by atoms with E-state index in [0.717, 1.165) is 10.8 Å². The minimum atomic E-state index is 0.745. The summed E-state index contributed by atoms with van der Waals surface area (Å²) in [5.41, 5.74) is 9.85. The van der Waals surface area contributed by atoms with Gasteiger partial charge < -0.3 is 0 Å². The van der Waals surface area contributed by atoms with Crippen LogP contribution in [0.5, 0.6) is 0 Å². The molecule has 1 aromatic rings. The van der Waals surface area contributed by atoms with Crippen LogP contribution in [0.25, 0.3) is 6.08 Å². The summed E-state index contributed by atoms with van der Waals surface area (Å²) in [6.07, 6.45) is 8.05. The van der Waals surface area contributed by atoms with Gasteiger partial charge in [-0.2, -0.15) is 0 Å². The molecule has 0 radical (unpaired) electrons. The first kappa shape index (κ1) is 16.6. The zero-order valence-corrected chi connectivity index (χ0v) is 17.6. The van der Waals surface area contributed by atoms with E-state index in [1.807, 2.05) is 11.8 Å². The van der Waals surface area contributed by atoms with Crippen molar-refractivity contribution in [3.63, 3.8) is 0 Å². The zero-order chi connectivity index (χ0) is 16.6. The molecule has 2 unspecified atom stereocenters. The SMILES string of the molecule is CC1=Cc2ccccc2C1[SiH3].CCC1SC2=CC=C(C)C2=C1C. The second kappa shape index (κ2) is 6.70. The predicted octanol–water partition coefficient (Wildman–Crippen LogP) is 5.18. The number of hydrogen-bond donors (Lipinski definition) is 0. The molecule has 0 saturated carbocycles. The molecule has 2 heteroatoms.